The van der Waals surface area contributed by atoms with Crippen molar-refractivity contribution < 1.29 is 9.53 Å². The number of halogens is 1. The van der Waals surface area contributed by atoms with Crippen LogP contribution >= 0.6 is 15.9 Å². The summed E-state index contributed by atoms with van der Waals surface area (Å²) in [6.45, 7) is 3.39. The van der Waals surface area contributed by atoms with Crippen LogP contribution in [0, 0.1) is 6.92 Å². The molecule has 4 rings (SSSR count). The van der Waals surface area contributed by atoms with Gasteiger partial charge in [0.2, 0.25) is 0 Å². The summed E-state index contributed by atoms with van der Waals surface area (Å²) in [6.07, 6.45) is 0. The van der Waals surface area contributed by atoms with Crippen LogP contribution in [0.4, 0.5) is 0 Å². The van der Waals surface area contributed by atoms with E-state index >= 15 is 0 Å². The van der Waals surface area contributed by atoms with Crippen LogP contribution in [-0.2, 0) is 0 Å². The van der Waals surface area contributed by atoms with E-state index in [2.05, 4.69) is 31.5 Å². The van der Waals surface area contributed by atoms with E-state index in [1.165, 1.54) is 0 Å². The molecular formula is C19H18BrN3O2. The van der Waals surface area contributed by atoms with Crippen molar-refractivity contribution in [1.29, 1.82) is 0 Å². The molecule has 1 fully saturated rings. The summed E-state index contributed by atoms with van der Waals surface area (Å²) in [6, 6.07) is 13.8. The summed E-state index contributed by atoms with van der Waals surface area (Å²) < 4.78 is 8.25. The number of rotatable bonds is 3. The minimum Gasteiger partial charge on any atom is -0.497 e. The fourth-order valence-electron chi connectivity index (χ4n) is 3.38. The second-order valence-corrected chi connectivity index (χ2v) is 7.08. The molecule has 25 heavy (non-hydrogen) atoms. The van der Waals surface area contributed by atoms with Crippen molar-refractivity contribution in [2.75, 3.05) is 20.2 Å². The summed E-state index contributed by atoms with van der Waals surface area (Å²) in [4.78, 5) is 19.3. The van der Waals surface area contributed by atoms with Gasteiger partial charge in [0, 0.05) is 17.6 Å². The first-order valence-corrected chi connectivity index (χ1v) is 8.94. The van der Waals surface area contributed by atoms with Crippen molar-refractivity contribution >= 4 is 32.9 Å². The van der Waals surface area contributed by atoms with Crippen molar-refractivity contribution in [3.05, 3.63) is 58.3 Å². The molecule has 0 bridgehead atoms. The average Bonchev–Trinajstić information content (AvgIpc) is 2.90. The van der Waals surface area contributed by atoms with Crippen LogP contribution in [0.5, 0.6) is 5.75 Å². The van der Waals surface area contributed by atoms with E-state index < -0.39 is 0 Å². The van der Waals surface area contributed by atoms with Gasteiger partial charge in [-0.3, -0.25) is 4.79 Å². The second-order valence-electron chi connectivity index (χ2n) is 6.23. The number of methoxy groups -OCH3 is 1. The Bertz CT molecular complexity index is 960. The number of hydrogen-bond acceptors (Lipinski definition) is 3. The highest BCUT2D eigenvalue weighted by molar-refractivity contribution is 9.10. The maximum Gasteiger partial charge on any atom is 0.255 e. The van der Waals surface area contributed by atoms with Gasteiger partial charge in [-0.05, 0) is 53.2 Å². The number of likely N-dealkylation sites (tertiary alicyclic amines) is 1. The van der Waals surface area contributed by atoms with Gasteiger partial charge < -0.3 is 14.2 Å². The van der Waals surface area contributed by atoms with E-state index in [1.54, 1.807) is 13.2 Å². The molecule has 0 radical (unpaired) electrons. The number of benzene rings is 2. The first kappa shape index (κ1) is 16.1. The quantitative estimate of drug-likeness (QED) is 0.672. The molecule has 1 aliphatic rings. The molecule has 1 amide bonds. The number of aromatic nitrogens is 2. The first-order chi connectivity index (χ1) is 12.1. The van der Waals surface area contributed by atoms with Crippen molar-refractivity contribution in [3.63, 3.8) is 0 Å². The third-order valence-electron chi connectivity index (χ3n) is 4.69. The van der Waals surface area contributed by atoms with Crippen LogP contribution in [0.25, 0.3) is 11.0 Å². The number of para-hydroxylation sites is 2. The highest BCUT2D eigenvalue weighted by Crippen LogP contribution is 2.31. The summed E-state index contributed by atoms with van der Waals surface area (Å²) in [7, 11) is 1.60. The maximum atomic E-state index is 12.8. The van der Waals surface area contributed by atoms with Crippen molar-refractivity contribution in [1.82, 2.24) is 14.5 Å². The molecule has 0 saturated carbocycles. The first-order valence-electron chi connectivity index (χ1n) is 8.15. The zero-order chi connectivity index (χ0) is 17.6. The molecule has 0 spiro atoms. The van der Waals surface area contributed by atoms with Crippen molar-refractivity contribution in [2.45, 2.75) is 13.0 Å². The number of nitrogens with zero attached hydrogens (tertiary/aromatic N) is 3. The molecule has 0 N–H and O–H groups in total. The highest BCUT2D eigenvalue weighted by Gasteiger charge is 2.34. The van der Waals surface area contributed by atoms with E-state index in [1.807, 2.05) is 42.2 Å². The van der Waals surface area contributed by atoms with E-state index in [4.69, 9.17) is 4.74 Å². The predicted molar refractivity (Wildman–Crippen MR) is 100 cm³/mol. The molecule has 128 valence electrons. The van der Waals surface area contributed by atoms with Crippen molar-refractivity contribution in [2.24, 2.45) is 0 Å². The van der Waals surface area contributed by atoms with Crippen LogP contribution in [-0.4, -0.2) is 40.6 Å². The number of ether oxygens (including phenoxy) is 1. The fraction of sp³-hybridized carbons (Fsp3) is 0.263. The lowest BCUT2D eigenvalue weighted by Gasteiger charge is -2.40. The molecule has 6 heteroatoms. The number of amides is 1. The number of fused-ring (bicyclic) bond motifs is 1. The van der Waals surface area contributed by atoms with Gasteiger partial charge in [-0.15, -0.1) is 0 Å². The van der Waals surface area contributed by atoms with Crippen LogP contribution in [0.1, 0.15) is 22.2 Å². The standard InChI is InChI=1S/C19H18BrN3O2/c1-12-21-17-5-3-4-6-18(17)23(12)13-10-22(11-13)19(24)15-9-14(25-2)7-8-16(15)20/h3-9,13H,10-11H2,1-2H3. The molecule has 0 unspecified atom stereocenters. The number of imidazole rings is 1. The highest BCUT2D eigenvalue weighted by atomic mass is 79.9. The van der Waals surface area contributed by atoms with E-state index in [9.17, 15) is 4.79 Å². The summed E-state index contributed by atoms with van der Waals surface area (Å²) in [5, 5.41) is 0. The molecular weight excluding hydrogens is 382 g/mol. The van der Waals surface area contributed by atoms with Gasteiger partial charge >= 0.3 is 0 Å². The van der Waals surface area contributed by atoms with Gasteiger partial charge in [0.15, 0.2) is 0 Å². The summed E-state index contributed by atoms with van der Waals surface area (Å²) in [5.74, 6) is 1.69. The minimum absolute atomic E-state index is 0.0177. The molecule has 1 aliphatic heterocycles. The zero-order valence-corrected chi connectivity index (χ0v) is 15.7. The topological polar surface area (TPSA) is 47.4 Å². The second kappa shape index (κ2) is 6.19. The Balaban J connectivity index is 1.55. The normalized spacial score (nSPS) is 14.6. The SMILES string of the molecule is COc1ccc(Br)c(C(=O)N2CC(n3c(C)nc4ccccc43)C2)c1. The number of carbonyl (C=O) groups is 1. The average molecular weight is 400 g/mol. The molecule has 1 aromatic heterocycles. The Morgan fingerprint density at radius 2 is 2.00 bits per heavy atom. The monoisotopic (exact) mass is 399 g/mol. The van der Waals surface area contributed by atoms with Crippen LogP contribution in [0.15, 0.2) is 46.9 Å². The molecule has 3 aromatic rings. The molecule has 2 aromatic carbocycles. The predicted octanol–water partition coefficient (Wildman–Crippen LogP) is 3.81. The van der Waals surface area contributed by atoms with Gasteiger partial charge in [0.1, 0.15) is 11.6 Å². The minimum atomic E-state index is 0.0177. The Hall–Kier alpha value is -2.34. The Labute approximate surface area is 154 Å². The largest absolute Gasteiger partial charge is 0.497 e. The number of aryl methyl sites for hydroxylation is 1. The zero-order valence-electron chi connectivity index (χ0n) is 14.1. The van der Waals surface area contributed by atoms with Gasteiger partial charge in [-0.1, -0.05) is 12.1 Å². The van der Waals surface area contributed by atoms with E-state index in [0.29, 0.717) is 24.4 Å². The molecule has 0 aliphatic carbocycles. The number of carbonyl (C=O) groups excluding carboxylic acids is 1. The maximum absolute atomic E-state index is 12.8. The molecule has 0 atom stereocenters. The summed E-state index contributed by atoms with van der Waals surface area (Å²) in [5.41, 5.74) is 2.75. The van der Waals surface area contributed by atoms with E-state index in [0.717, 1.165) is 21.3 Å². The van der Waals surface area contributed by atoms with Crippen LogP contribution < -0.4 is 4.74 Å². The van der Waals surface area contributed by atoms with Crippen LogP contribution in [0.3, 0.4) is 0 Å². The lowest BCUT2D eigenvalue weighted by atomic mass is 10.1. The number of hydrogen-bond donors (Lipinski definition) is 0. The smallest absolute Gasteiger partial charge is 0.255 e. The lowest BCUT2D eigenvalue weighted by molar-refractivity contribution is 0.0522. The van der Waals surface area contributed by atoms with Gasteiger partial charge in [0.05, 0.1) is 29.7 Å². The van der Waals surface area contributed by atoms with Gasteiger partial charge in [-0.2, -0.15) is 0 Å². The third-order valence-corrected chi connectivity index (χ3v) is 5.38. The fourth-order valence-corrected chi connectivity index (χ4v) is 3.79. The molecule has 1 saturated heterocycles. The van der Waals surface area contributed by atoms with Crippen LogP contribution in [0.2, 0.25) is 0 Å². The third kappa shape index (κ3) is 2.70. The molecule has 2 heterocycles. The van der Waals surface area contributed by atoms with Crippen molar-refractivity contribution in [3.8, 4) is 5.75 Å². The van der Waals surface area contributed by atoms with Gasteiger partial charge in [-0.25, -0.2) is 4.98 Å². The van der Waals surface area contributed by atoms with Gasteiger partial charge in [0.25, 0.3) is 5.91 Å². The Morgan fingerprint density at radius 1 is 1.24 bits per heavy atom. The summed E-state index contributed by atoms with van der Waals surface area (Å²) >= 11 is 3.46. The van der Waals surface area contributed by atoms with E-state index in [-0.39, 0.29) is 11.9 Å². The Kier molecular flexibility index (Phi) is 4.00. The molecule has 5 nitrogen and oxygen atoms in total. The lowest BCUT2D eigenvalue weighted by Crippen LogP contribution is -2.51. The Morgan fingerprint density at radius 3 is 2.76 bits per heavy atom.